The van der Waals surface area contributed by atoms with E-state index in [0.29, 0.717) is 35.2 Å². The number of methoxy groups -OCH3 is 2. The Labute approximate surface area is 188 Å². The van der Waals surface area contributed by atoms with E-state index >= 15 is 0 Å². The highest BCUT2D eigenvalue weighted by Crippen LogP contribution is 2.42. The lowest BCUT2D eigenvalue weighted by atomic mass is 9.94. The van der Waals surface area contributed by atoms with E-state index in [1.54, 1.807) is 48.5 Å². The fourth-order valence-electron chi connectivity index (χ4n) is 3.64. The summed E-state index contributed by atoms with van der Waals surface area (Å²) in [6, 6.07) is 13.2. The molecule has 1 aliphatic heterocycles. The third-order valence-corrected chi connectivity index (χ3v) is 5.22. The van der Waals surface area contributed by atoms with Gasteiger partial charge in [-0.25, -0.2) is 0 Å². The van der Waals surface area contributed by atoms with Gasteiger partial charge in [-0.2, -0.15) is 0 Å². The maximum absolute atomic E-state index is 13.0. The predicted molar refractivity (Wildman–Crippen MR) is 121 cm³/mol. The zero-order valence-electron chi connectivity index (χ0n) is 18.8. The Bertz CT molecular complexity index is 996. The second-order valence-corrected chi connectivity index (χ2v) is 7.96. The first-order chi connectivity index (χ1) is 15.4. The Hall–Kier alpha value is -3.32. The van der Waals surface area contributed by atoms with Crippen molar-refractivity contribution in [2.45, 2.75) is 19.9 Å². The van der Waals surface area contributed by atoms with Gasteiger partial charge in [0.2, 0.25) is 0 Å². The highest BCUT2D eigenvalue weighted by atomic mass is 16.5. The largest absolute Gasteiger partial charge is 0.507 e. The van der Waals surface area contributed by atoms with Crippen molar-refractivity contribution in [3.8, 4) is 11.5 Å². The zero-order chi connectivity index (χ0) is 23.3. The first kappa shape index (κ1) is 23.3. The van der Waals surface area contributed by atoms with E-state index in [1.165, 1.54) is 19.1 Å². The minimum Gasteiger partial charge on any atom is -0.507 e. The number of ether oxygens (including phenoxy) is 3. The number of likely N-dealkylation sites (tertiary alicyclic amines) is 1. The summed E-state index contributed by atoms with van der Waals surface area (Å²) in [7, 11) is 3.05. The summed E-state index contributed by atoms with van der Waals surface area (Å²) in [5, 5.41) is 11.1. The molecular formula is C25H29NO6. The molecule has 32 heavy (non-hydrogen) atoms. The number of hydrogen-bond donors (Lipinski definition) is 1. The summed E-state index contributed by atoms with van der Waals surface area (Å²) in [5.41, 5.74) is 1.06. The fourth-order valence-corrected chi connectivity index (χ4v) is 3.64. The van der Waals surface area contributed by atoms with Crippen molar-refractivity contribution in [2.75, 3.05) is 34.0 Å². The molecule has 1 saturated heterocycles. The van der Waals surface area contributed by atoms with Crippen molar-refractivity contribution in [3.05, 3.63) is 65.2 Å². The normalized spacial score (nSPS) is 17.8. The molecule has 2 aromatic carbocycles. The van der Waals surface area contributed by atoms with Crippen LogP contribution in [0.15, 0.2) is 54.1 Å². The molecule has 0 spiro atoms. The van der Waals surface area contributed by atoms with Crippen LogP contribution in [0.4, 0.5) is 0 Å². The van der Waals surface area contributed by atoms with E-state index in [9.17, 15) is 14.7 Å². The van der Waals surface area contributed by atoms with E-state index in [4.69, 9.17) is 14.2 Å². The van der Waals surface area contributed by atoms with Gasteiger partial charge in [-0.05, 0) is 36.2 Å². The molecule has 1 heterocycles. The molecule has 0 aliphatic carbocycles. The fraction of sp³-hybridized carbons (Fsp3) is 0.360. The van der Waals surface area contributed by atoms with Gasteiger partial charge in [0.25, 0.3) is 11.7 Å². The molecule has 1 N–H and O–H groups in total. The molecule has 2 aromatic rings. The predicted octanol–water partition coefficient (Wildman–Crippen LogP) is 3.80. The third-order valence-electron chi connectivity index (χ3n) is 5.22. The van der Waals surface area contributed by atoms with Crippen LogP contribution in [0, 0.1) is 5.92 Å². The summed E-state index contributed by atoms with van der Waals surface area (Å²) in [6.45, 7) is 5.13. The van der Waals surface area contributed by atoms with Crippen LogP contribution in [-0.4, -0.2) is 55.7 Å². The molecule has 1 amide bonds. The SMILES string of the molecule is COCCN1C(=O)C(=O)/C(=C(\O)c2ccc(OCC(C)C)cc2)C1c1ccccc1OC. The molecule has 7 nitrogen and oxygen atoms in total. The van der Waals surface area contributed by atoms with Gasteiger partial charge in [0.05, 0.1) is 31.9 Å². The number of carbonyl (C=O) groups is 2. The van der Waals surface area contributed by atoms with E-state index in [2.05, 4.69) is 13.8 Å². The van der Waals surface area contributed by atoms with Crippen LogP contribution in [0.5, 0.6) is 11.5 Å². The number of ketones is 1. The van der Waals surface area contributed by atoms with Crippen LogP contribution in [-0.2, 0) is 14.3 Å². The van der Waals surface area contributed by atoms with E-state index < -0.39 is 17.7 Å². The lowest BCUT2D eigenvalue weighted by Gasteiger charge is -2.26. The van der Waals surface area contributed by atoms with Gasteiger partial charge < -0.3 is 24.2 Å². The number of benzene rings is 2. The number of aliphatic hydroxyl groups excluding tert-OH is 1. The monoisotopic (exact) mass is 439 g/mol. The number of amides is 1. The molecular weight excluding hydrogens is 410 g/mol. The van der Waals surface area contributed by atoms with Crippen LogP contribution in [0.25, 0.3) is 5.76 Å². The molecule has 1 unspecified atom stereocenters. The van der Waals surface area contributed by atoms with Gasteiger partial charge in [0, 0.05) is 24.8 Å². The third kappa shape index (κ3) is 4.78. The average molecular weight is 440 g/mol. The van der Waals surface area contributed by atoms with Crippen molar-refractivity contribution >= 4 is 17.4 Å². The quantitative estimate of drug-likeness (QED) is 0.363. The molecule has 0 aromatic heterocycles. The molecule has 3 rings (SSSR count). The summed E-state index contributed by atoms with van der Waals surface area (Å²) >= 11 is 0. The second kappa shape index (κ2) is 10.3. The number of nitrogens with zero attached hydrogens (tertiary/aromatic N) is 1. The van der Waals surface area contributed by atoms with Crippen LogP contribution in [0.3, 0.4) is 0 Å². The Balaban J connectivity index is 2.07. The number of hydrogen-bond acceptors (Lipinski definition) is 6. The number of Topliss-reactive ketones (excluding diaryl/α,β-unsaturated/α-hetero) is 1. The van der Waals surface area contributed by atoms with Crippen LogP contribution in [0.1, 0.15) is 31.0 Å². The van der Waals surface area contributed by atoms with Crippen molar-refractivity contribution in [2.24, 2.45) is 5.92 Å². The first-order valence-electron chi connectivity index (χ1n) is 10.5. The van der Waals surface area contributed by atoms with Gasteiger partial charge in [-0.3, -0.25) is 9.59 Å². The Morgan fingerprint density at radius 3 is 2.38 bits per heavy atom. The molecule has 170 valence electrons. The Kier molecular flexibility index (Phi) is 7.53. The van der Waals surface area contributed by atoms with Crippen molar-refractivity contribution in [1.82, 2.24) is 4.90 Å². The zero-order valence-corrected chi connectivity index (χ0v) is 18.8. The maximum atomic E-state index is 13.0. The van der Waals surface area contributed by atoms with Gasteiger partial charge in [-0.15, -0.1) is 0 Å². The number of carbonyl (C=O) groups excluding carboxylic acids is 2. The average Bonchev–Trinajstić information content (AvgIpc) is 3.05. The molecule has 0 saturated carbocycles. The summed E-state index contributed by atoms with van der Waals surface area (Å²) in [5.74, 6) is -0.102. The molecule has 0 bridgehead atoms. The first-order valence-corrected chi connectivity index (χ1v) is 10.5. The smallest absolute Gasteiger partial charge is 0.295 e. The standard InChI is InChI=1S/C25H29NO6/c1-16(2)15-32-18-11-9-17(10-12-18)23(27)21-22(19-7-5-6-8-20(19)31-4)26(13-14-30-3)25(29)24(21)28/h5-12,16,22,27H,13-15H2,1-4H3/b23-21-. The van der Waals surface area contributed by atoms with Crippen molar-refractivity contribution in [3.63, 3.8) is 0 Å². The summed E-state index contributed by atoms with van der Waals surface area (Å²) in [6.07, 6.45) is 0. The summed E-state index contributed by atoms with van der Waals surface area (Å²) < 4.78 is 16.3. The van der Waals surface area contributed by atoms with Crippen LogP contribution in [0.2, 0.25) is 0 Å². The minimum absolute atomic E-state index is 0.0199. The molecule has 1 fully saturated rings. The van der Waals surface area contributed by atoms with Gasteiger partial charge in [-0.1, -0.05) is 32.0 Å². The van der Waals surface area contributed by atoms with Gasteiger partial charge >= 0.3 is 0 Å². The number of rotatable bonds is 9. The highest BCUT2D eigenvalue weighted by Gasteiger charge is 2.46. The van der Waals surface area contributed by atoms with Crippen molar-refractivity contribution in [1.29, 1.82) is 0 Å². The van der Waals surface area contributed by atoms with E-state index in [-0.39, 0.29) is 24.5 Å². The molecule has 1 atom stereocenters. The Morgan fingerprint density at radius 2 is 1.75 bits per heavy atom. The van der Waals surface area contributed by atoms with Crippen LogP contribution < -0.4 is 9.47 Å². The highest BCUT2D eigenvalue weighted by molar-refractivity contribution is 6.46. The summed E-state index contributed by atoms with van der Waals surface area (Å²) in [4.78, 5) is 27.3. The van der Waals surface area contributed by atoms with Crippen molar-refractivity contribution < 1.29 is 28.9 Å². The number of para-hydroxylation sites is 1. The van der Waals surface area contributed by atoms with Gasteiger partial charge in [0.1, 0.15) is 17.3 Å². The van der Waals surface area contributed by atoms with E-state index in [0.717, 1.165) is 0 Å². The maximum Gasteiger partial charge on any atom is 0.295 e. The Morgan fingerprint density at radius 1 is 1.06 bits per heavy atom. The second-order valence-electron chi connectivity index (χ2n) is 7.96. The lowest BCUT2D eigenvalue weighted by Crippen LogP contribution is -2.32. The topological polar surface area (TPSA) is 85.3 Å². The lowest BCUT2D eigenvalue weighted by molar-refractivity contribution is -0.140. The molecule has 1 aliphatic rings. The van der Waals surface area contributed by atoms with E-state index in [1.807, 2.05) is 0 Å². The molecule has 0 radical (unpaired) electrons. The minimum atomic E-state index is -0.793. The van der Waals surface area contributed by atoms with Crippen LogP contribution >= 0.6 is 0 Å². The van der Waals surface area contributed by atoms with Gasteiger partial charge in [0.15, 0.2) is 0 Å². The number of aliphatic hydroxyl groups is 1. The molecule has 7 heteroatoms.